The van der Waals surface area contributed by atoms with Crippen molar-refractivity contribution in [1.82, 2.24) is 9.80 Å². The molecule has 7 heteroatoms. The number of carbonyl (C=O) groups excluding carboxylic acids is 1. The molecule has 0 aromatic heterocycles. The van der Waals surface area contributed by atoms with E-state index < -0.39 is 9.84 Å². The molecule has 1 saturated carbocycles. The number of anilines is 1. The number of para-hydroxylation sites is 1. The minimum atomic E-state index is -3.48. The van der Waals surface area contributed by atoms with Crippen molar-refractivity contribution in [3.05, 3.63) is 84.9 Å². The Morgan fingerprint density at radius 1 is 0.900 bits per heavy atom. The smallest absolute Gasteiger partial charge is 0.245 e. The highest BCUT2D eigenvalue weighted by molar-refractivity contribution is 7.91. The van der Waals surface area contributed by atoms with Crippen LogP contribution in [0.4, 0.5) is 5.69 Å². The van der Waals surface area contributed by atoms with Crippen molar-refractivity contribution in [3.8, 4) is 11.1 Å². The van der Waals surface area contributed by atoms with Gasteiger partial charge in [-0.15, -0.1) is 0 Å². The highest BCUT2D eigenvalue weighted by Gasteiger charge is 2.44. The molecule has 1 heterocycles. The molecule has 5 rings (SSSR count). The van der Waals surface area contributed by atoms with Crippen molar-refractivity contribution in [2.24, 2.45) is 5.92 Å². The Bertz CT molecular complexity index is 1390. The van der Waals surface area contributed by atoms with Crippen LogP contribution in [-0.4, -0.2) is 67.6 Å². The summed E-state index contributed by atoms with van der Waals surface area (Å²) in [6.45, 7) is 4.99. The van der Waals surface area contributed by atoms with Gasteiger partial charge in [0.25, 0.3) is 0 Å². The molecule has 0 spiro atoms. The molecule has 1 aliphatic carbocycles. The molecular weight excluding hydrogens is 518 g/mol. The van der Waals surface area contributed by atoms with E-state index in [0.29, 0.717) is 29.9 Å². The van der Waals surface area contributed by atoms with Crippen LogP contribution in [0.25, 0.3) is 11.1 Å². The molecule has 1 saturated heterocycles. The molecule has 2 aliphatic rings. The van der Waals surface area contributed by atoms with E-state index in [-0.39, 0.29) is 29.7 Å². The zero-order valence-corrected chi connectivity index (χ0v) is 24.6. The second-order valence-electron chi connectivity index (χ2n) is 11.6. The molecule has 3 aromatic carbocycles. The third-order valence-electron chi connectivity index (χ3n) is 8.82. The maximum absolute atomic E-state index is 13.9. The van der Waals surface area contributed by atoms with Gasteiger partial charge in [-0.05, 0) is 76.3 Å². The van der Waals surface area contributed by atoms with Crippen molar-refractivity contribution in [1.29, 1.82) is 0 Å². The Morgan fingerprint density at radius 3 is 2.25 bits per heavy atom. The predicted octanol–water partition coefficient (Wildman–Crippen LogP) is 5.72. The normalized spacial score (nSPS) is 23.6. The van der Waals surface area contributed by atoms with Crippen LogP contribution in [0.2, 0.25) is 0 Å². The average Bonchev–Trinajstić information content (AvgIpc) is 3.32. The highest BCUT2D eigenvalue weighted by Crippen LogP contribution is 2.37. The van der Waals surface area contributed by atoms with E-state index in [1.165, 1.54) is 0 Å². The number of rotatable bonds is 9. The van der Waals surface area contributed by atoms with Crippen LogP contribution in [0.1, 0.15) is 39.5 Å². The summed E-state index contributed by atoms with van der Waals surface area (Å²) in [5.41, 5.74) is 3.12. The number of carbonyl (C=O) groups is 1. The molecule has 2 fully saturated rings. The lowest BCUT2D eigenvalue weighted by molar-refractivity contribution is -0.132. The van der Waals surface area contributed by atoms with Gasteiger partial charge < -0.3 is 15.1 Å². The highest BCUT2D eigenvalue weighted by atomic mass is 32.2. The summed E-state index contributed by atoms with van der Waals surface area (Å²) in [6.07, 6.45) is 3.24. The van der Waals surface area contributed by atoms with Gasteiger partial charge in [0.2, 0.25) is 5.91 Å². The number of likely N-dealkylation sites (tertiary alicyclic amines) is 1. The number of hydrogen-bond acceptors (Lipinski definition) is 5. The third kappa shape index (κ3) is 6.11. The summed E-state index contributed by atoms with van der Waals surface area (Å²) in [4.78, 5) is 18.6. The average molecular weight is 560 g/mol. The minimum absolute atomic E-state index is 0.0584. The Labute approximate surface area is 239 Å². The van der Waals surface area contributed by atoms with E-state index in [9.17, 15) is 13.2 Å². The van der Waals surface area contributed by atoms with Crippen molar-refractivity contribution in [2.75, 3.05) is 24.7 Å². The zero-order chi connectivity index (χ0) is 28.3. The van der Waals surface area contributed by atoms with E-state index in [2.05, 4.69) is 49.3 Å². The van der Waals surface area contributed by atoms with Crippen molar-refractivity contribution in [3.63, 3.8) is 0 Å². The van der Waals surface area contributed by atoms with Gasteiger partial charge >= 0.3 is 0 Å². The van der Waals surface area contributed by atoms with Crippen LogP contribution in [0.15, 0.2) is 89.8 Å². The summed E-state index contributed by atoms with van der Waals surface area (Å²) in [6, 6.07) is 27.3. The molecule has 1 amide bonds. The van der Waals surface area contributed by atoms with E-state index in [0.717, 1.165) is 36.1 Å². The first-order valence-corrected chi connectivity index (χ1v) is 16.1. The van der Waals surface area contributed by atoms with E-state index >= 15 is 0 Å². The standard InChI is InChI=1S/C33H41N3O3S/c1-24(2)35(3)27-18-19-32(26(22-27)23-40(38,39)28-14-8-5-9-15-28)36-21-20-31(33(36)37)34-30-17-11-10-16-29(30)25-12-6-4-7-13-25/h4-17,24,26-27,31-32,34H,18-23H2,1-3H3/t26-,27-,31?,32+/m1/s1. The van der Waals surface area contributed by atoms with Crippen LogP contribution in [-0.2, 0) is 14.6 Å². The second kappa shape index (κ2) is 12.1. The maximum atomic E-state index is 13.9. The van der Waals surface area contributed by atoms with Crippen LogP contribution >= 0.6 is 0 Å². The molecule has 3 aromatic rings. The molecule has 1 unspecified atom stereocenters. The van der Waals surface area contributed by atoms with Crippen molar-refractivity contribution >= 4 is 21.4 Å². The monoisotopic (exact) mass is 559 g/mol. The van der Waals surface area contributed by atoms with Crippen molar-refractivity contribution < 1.29 is 13.2 Å². The molecular formula is C33H41N3O3S. The first-order valence-electron chi connectivity index (χ1n) is 14.5. The molecule has 212 valence electrons. The molecule has 40 heavy (non-hydrogen) atoms. The number of nitrogens with one attached hydrogen (secondary N) is 1. The van der Waals surface area contributed by atoms with Crippen LogP contribution in [0, 0.1) is 5.92 Å². The van der Waals surface area contributed by atoms with Gasteiger partial charge in [0.1, 0.15) is 6.04 Å². The fourth-order valence-corrected chi connectivity index (χ4v) is 8.13. The van der Waals surface area contributed by atoms with Crippen LogP contribution in [0.3, 0.4) is 0 Å². The number of amides is 1. The number of nitrogens with zero attached hydrogens (tertiary/aromatic N) is 2. The van der Waals surface area contributed by atoms with E-state index in [1.807, 2.05) is 47.4 Å². The number of hydrogen-bond donors (Lipinski definition) is 1. The van der Waals surface area contributed by atoms with Crippen molar-refractivity contribution in [2.45, 2.75) is 68.6 Å². The maximum Gasteiger partial charge on any atom is 0.245 e. The van der Waals surface area contributed by atoms with Gasteiger partial charge in [-0.3, -0.25) is 4.79 Å². The zero-order valence-electron chi connectivity index (χ0n) is 23.7. The first kappa shape index (κ1) is 28.4. The molecule has 6 nitrogen and oxygen atoms in total. The summed E-state index contributed by atoms with van der Waals surface area (Å²) in [5, 5.41) is 3.54. The summed E-state index contributed by atoms with van der Waals surface area (Å²) < 4.78 is 27.0. The van der Waals surface area contributed by atoms with Gasteiger partial charge in [-0.25, -0.2) is 8.42 Å². The van der Waals surface area contributed by atoms with E-state index in [4.69, 9.17) is 0 Å². The van der Waals surface area contributed by atoms with Crippen LogP contribution in [0.5, 0.6) is 0 Å². The third-order valence-corrected chi connectivity index (χ3v) is 10.7. The van der Waals surface area contributed by atoms with Gasteiger partial charge in [0, 0.05) is 35.9 Å². The summed E-state index contributed by atoms with van der Waals surface area (Å²) >= 11 is 0. The summed E-state index contributed by atoms with van der Waals surface area (Å²) in [7, 11) is -1.35. The lowest BCUT2D eigenvalue weighted by Crippen LogP contribution is -2.52. The number of sulfone groups is 1. The SMILES string of the molecule is CC(C)N(C)[C@@H]1CC[C@H](N2CCC(Nc3ccccc3-c3ccccc3)C2=O)[C@@H](CS(=O)(=O)c2ccccc2)C1. The van der Waals surface area contributed by atoms with Gasteiger partial charge in [0.05, 0.1) is 10.6 Å². The molecule has 0 bridgehead atoms. The molecule has 1 aliphatic heterocycles. The predicted molar refractivity (Wildman–Crippen MR) is 162 cm³/mol. The lowest BCUT2D eigenvalue weighted by atomic mass is 9.81. The topological polar surface area (TPSA) is 69.7 Å². The second-order valence-corrected chi connectivity index (χ2v) is 13.6. The molecule has 1 N–H and O–H groups in total. The quantitative estimate of drug-likeness (QED) is 0.363. The molecule has 4 atom stereocenters. The fraction of sp³-hybridized carbons (Fsp3) is 0.424. The van der Waals surface area contributed by atoms with Gasteiger partial charge in [-0.2, -0.15) is 0 Å². The fourth-order valence-electron chi connectivity index (χ4n) is 6.44. The Morgan fingerprint density at radius 2 is 1.55 bits per heavy atom. The number of benzene rings is 3. The Kier molecular flexibility index (Phi) is 8.62. The van der Waals surface area contributed by atoms with E-state index in [1.54, 1.807) is 24.3 Å². The Hall–Kier alpha value is -3.16. The lowest BCUT2D eigenvalue weighted by Gasteiger charge is -2.44. The van der Waals surface area contributed by atoms with Crippen LogP contribution < -0.4 is 5.32 Å². The van der Waals surface area contributed by atoms with Gasteiger partial charge in [0.15, 0.2) is 9.84 Å². The first-order chi connectivity index (χ1) is 19.2. The minimum Gasteiger partial charge on any atom is -0.373 e. The summed E-state index contributed by atoms with van der Waals surface area (Å²) in [5.74, 6) is 0.0122. The van der Waals surface area contributed by atoms with Gasteiger partial charge in [-0.1, -0.05) is 66.7 Å². The Balaban J connectivity index is 1.36. The molecule has 0 radical (unpaired) electrons. The largest absolute Gasteiger partial charge is 0.373 e.